The number of hydrogen-bond acceptors (Lipinski definition) is 3. The van der Waals surface area contributed by atoms with Gasteiger partial charge in [0.15, 0.2) is 5.78 Å². The highest BCUT2D eigenvalue weighted by molar-refractivity contribution is 6.18. The van der Waals surface area contributed by atoms with Gasteiger partial charge in [-0.3, -0.25) is 4.79 Å². The van der Waals surface area contributed by atoms with Crippen LogP contribution in [0.4, 0.5) is 0 Å². The fourth-order valence-corrected chi connectivity index (χ4v) is 2.24. The lowest BCUT2D eigenvalue weighted by atomic mass is 9.99. The smallest absolute Gasteiger partial charge is 0.179 e. The summed E-state index contributed by atoms with van der Waals surface area (Å²) >= 11 is 0. The van der Waals surface area contributed by atoms with E-state index >= 15 is 0 Å². The average molecular weight is 218 g/mol. The summed E-state index contributed by atoms with van der Waals surface area (Å²) in [4.78, 5) is 13.6. The number of nitrogens with zero attached hydrogens (tertiary/aromatic N) is 1. The van der Waals surface area contributed by atoms with E-state index in [4.69, 9.17) is 5.41 Å². The second-order valence-corrected chi connectivity index (χ2v) is 4.47. The minimum Gasteiger partial charge on any atom is -0.303 e. The molecule has 1 heterocycles. The molecular weight excluding hydrogens is 200 g/mol. The van der Waals surface area contributed by atoms with Gasteiger partial charge in [-0.1, -0.05) is 6.42 Å². The van der Waals surface area contributed by atoms with Crippen molar-refractivity contribution in [3.63, 3.8) is 0 Å². The summed E-state index contributed by atoms with van der Waals surface area (Å²) in [6.07, 6.45) is 9.42. The summed E-state index contributed by atoms with van der Waals surface area (Å²) < 4.78 is 0. The van der Waals surface area contributed by atoms with Gasteiger partial charge < -0.3 is 10.3 Å². The Morgan fingerprint density at radius 2 is 1.94 bits per heavy atom. The molecule has 0 amide bonds. The number of piperidine rings is 1. The summed E-state index contributed by atoms with van der Waals surface area (Å²) in [6.45, 7) is 3.32. The summed E-state index contributed by atoms with van der Waals surface area (Å²) in [5.41, 5.74) is 1.38. The molecule has 1 saturated heterocycles. The van der Waals surface area contributed by atoms with E-state index in [0.717, 1.165) is 18.5 Å². The van der Waals surface area contributed by atoms with Gasteiger partial charge >= 0.3 is 0 Å². The van der Waals surface area contributed by atoms with Gasteiger partial charge in [0.05, 0.1) is 5.71 Å². The number of nitrogens with one attached hydrogen (secondary N) is 1. The molecule has 0 radical (unpaired) electrons. The maximum atomic E-state index is 11.2. The summed E-state index contributed by atoms with van der Waals surface area (Å²) in [5.74, 6) is 0.0182. The Labute approximate surface area is 96.3 Å². The SMILES string of the molecule is N=C1C=CC(=O)C=C1CCN1CCCCC1. The third-order valence-electron chi connectivity index (χ3n) is 3.22. The number of carbonyl (C=O) groups excluding carboxylic acids is 1. The molecule has 0 saturated carbocycles. The van der Waals surface area contributed by atoms with Crippen LogP contribution in [0.5, 0.6) is 0 Å². The Hall–Kier alpha value is -1.22. The van der Waals surface area contributed by atoms with Crippen LogP contribution in [0.15, 0.2) is 23.8 Å². The number of hydrogen-bond donors (Lipinski definition) is 1. The van der Waals surface area contributed by atoms with Crippen LogP contribution in [0.3, 0.4) is 0 Å². The predicted octanol–water partition coefficient (Wildman–Crippen LogP) is 1.95. The Morgan fingerprint density at radius 1 is 1.19 bits per heavy atom. The lowest BCUT2D eigenvalue weighted by Crippen LogP contribution is -2.31. The second kappa shape index (κ2) is 5.21. The first-order valence-corrected chi connectivity index (χ1v) is 5.99. The molecule has 0 aromatic heterocycles. The molecule has 2 aliphatic rings. The molecule has 0 spiro atoms. The first kappa shape index (κ1) is 11.3. The van der Waals surface area contributed by atoms with Crippen LogP contribution in [0.25, 0.3) is 0 Å². The van der Waals surface area contributed by atoms with E-state index < -0.39 is 0 Å². The molecule has 86 valence electrons. The van der Waals surface area contributed by atoms with Gasteiger partial charge in [0.2, 0.25) is 0 Å². The van der Waals surface area contributed by atoms with Crippen molar-refractivity contribution in [2.75, 3.05) is 19.6 Å². The molecule has 1 aliphatic heterocycles. The van der Waals surface area contributed by atoms with Crippen LogP contribution in [-0.4, -0.2) is 36.0 Å². The maximum Gasteiger partial charge on any atom is 0.179 e. The highest BCUT2D eigenvalue weighted by Gasteiger charge is 2.13. The summed E-state index contributed by atoms with van der Waals surface area (Å²) in [7, 11) is 0. The van der Waals surface area contributed by atoms with Crippen molar-refractivity contribution in [2.45, 2.75) is 25.7 Å². The third-order valence-corrected chi connectivity index (χ3v) is 3.22. The predicted molar refractivity (Wildman–Crippen MR) is 64.9 cm³/mol. The van der Waals surface area contributed by atoms with E-state index in [1.165, 1.54) is 38.4 Å². The zero-order chi connectivity index (χ0) is 11.4. The average Bonchev–Trinajstić information content (AvgIpc) is 2.32. The molecule has 0 bridgehead atoms. The van der Waals surface area contributed by atoms with Gasteiger partial charge in [-0.2, -0.15) is 0 Å². The number of likely N-dealkylation sites (tertiary alicyclic amines) is 1. The highest BCUT2D eigenvalue weighted by Crippen LogP contribution is 2.14. The number of allylic oxidation sites excluding steroid dienone is 3. The number of rotatable bonds is 3. The van der Waals surface area contributed by atoms with Crippen LogP contribution in [-0.2, 0) is 4.79 Å². The van der Waals surface area contributed by atoms with E-state index in [2.05, 4.69) is 4.90 Å². The van der Waals surface area contributed by atoms with Crippen molar-refractivity contribution in [3.05, 3.63) is 23.8 Å². The van der Waals surface area contributed by atoms with Gasteiger partial charge in [-0.15, -0.1) is 0 Å². The van der Waals surface area contributed by atoms with Crippen molar-refractivity contribution < 1.29 is 4.79 Å². The molecule has 0 aromatic carbocycles. The summed E-state index contributed by atoms with van der Waals surface area (Å²) in [5, 5.41) is 7.73. The van der Waals surface area contributed by atoms with Crippen LogP contribution >= 0.6 is 0 Å². The first-order valence-electron chi connectivity index (χ1n) is 5.99. The normalized spacial score (nSPS) is 22.4. The lowest BCUT2D eigenvalue weighted by Gasteiger charge is -2.26. The standard InChI is InChI=1S/C13H18N2O/c14-13-5-4-12(16)10-11(13)6-9-15-7-2-1-3-8-15/h4-5,10,14H,1-3,6-9H2. The monoisotopic (exact) mass is 218 g/mol. The van der Waals surface area contributed by atoms with E-state index in [0.29, 0.717) is 5.71 Å². The maximum absolute atomic E-state index is 11.2. The molecule has 3 heteroatoms. The number of carbonyl (C=O) groups is 1. The fourth-order valence-electron chi connectivity index (χ4n) is 2.24. The zero-order valence-corrected chi connectivity index (χ0v) is 9.54. The van der Waals surface area contributed by atoms with Crippen LogP contribution in [0.2, 0.25) is 0 Å². The van der Waals surface area contributed by atoms with Crippen LogP contribution < -0.4 is 0 Å². The van der Waals surface area contributed by atoms with Crippen LogP contribution in [0.1, 0.15) is 25.7 Å². The second-order valence-electron chi connectivity index (χ2n) is 4.47. The molecule has 2 rings (SSSR count). The quantitative estimate of drug-likeness (QED) is 0.736. The van der Waals surface area contributed by atoms with Crippen molar-refractivity contribution in [3.8, 4) is 0 Å². The molecular formula is C13H18N2O. The molecule has 0 atom stereocenters. The largest absolute Gasteiger partial charge is 0.303 e. The van der Waals surface area contributed by atoms with Gasteiger partial charge in [-0.25, -0.2) is 0 Å². The zero-order valence-electron chi connectivity index (χ0n) is 9.54. The van der Waals surface area contributed by atoms with Crippen LogP contribution in [0, 0.1) is 5.41 Å². The Balaban J connectivity index is 1.85. The van der Waals surface area contributed by atoms with Crippen molar-refractivity contribution >= 4 is 11.5 Å². The Bertz CT molecular complexity index is 349. The minimum absolute atomic E-state index is 0.0182. The Morgan fingerprint density at radius 3 is 2.69 bits per heavy atom. The topological polar surface area (TPSA) is 44.2 Å². The number of ketones is 1. The molecule has 3 nitrogen and oxygen atoms in total. The van der Waals surface area contributed by atoms with Gasteiger partial charge in [0, 0.05) is 6.54 Å². The van der Waals surface area contributed by atoms with E-state index in [9.17, 15) is 4.79 Å². The third kappa shape index (κ3) is 2.89. The fraction of sp³-hybridized carbons (Fsp3) is 0.538. The van der Waals surface area contributed by atoms with Crippen molar-refractivity contribution in [1.29, 1.82) is 5.41 Å². The highest BCUT2D eigenvalue weighted by atomic mass is 16.1. The lowest BCUT2D eigenvalue weighted by molar-refractivity contribution is -0.110. The Kier molecular flexibility index (Phi) is 3.67. The van der Waals surface area contributed by atoms with Gasteiger partial charge in [0.25, 0.3) is 0 Å². The molecule has 0 unspecified atom stereocenters. The molecule has 0 aromatic rings. The first-order chi connectivity index (χ1) is 7.75. The van der Waals surface area contributed by atoms with E-state index in [1.807, 2.05) is 0 Å². The molecule has 1 fully saturated rings. The van der Waals surface area contributed by atoms with E-state index in [1.54, 1.807) is 12.2 Å². The van der Waals surface area contributed by atoms with E-state index in [-0.39, 0.29) is 5.78 Å². The van der Waals surface area contributed by atoms with Crippen molar-refractivity contribution in [2.24, 2.45) is 0 Å². The van der Waals surface area contributed by atoms with Gasteiger partial charge in [0.1, 0.15) is 0 Å². The molecule has 1 N–H and O–H groups in total. The molecule has 16 heavy (non-hydrogen) atoms. The van der Waals surface area contributed by atoms with Gasteiger partial charge in [-0.05, 0) is 56.2 Å². The molecule has 1 aliphatic carbocycles. The van der Waals surface area contributed by atoms with Crippen molar-refractivity contribution in [1.82, 2.24) is 4.90 Å². The minimum atomic E-state index is 0.0182. The summed E-state index contributed by atoms with van der Waals surface area (Å²) in [6, 6.07) is 0.